The molecule has 0 aromatic carbocycles. The van der Waals surface area contributed by atoms with Gasteiger partial charge in [-0.3, -0.25) is 9.59 Å². The Bertz CT molecular complexity index is 374. The van der Waals surface area contributed by atoms with Crippen LogP contribution in [0.25, 0.3) is 0 Å². The maximum absolute atomic E-state index is 12.0. The molecule has 0 spiro atoms. The molecule has 0 radical (unpaired) electrons. The summed E-state index contributed by atoms with van der Waals surface area (Å²) < 4.78 is 0. The van der Waals surface area contributed by atoms with Crippen molar-refractivity contribution in [2.24, 2.45) is 0 Å². The normalized spacial score (nSPS) is 12.8. The lowest BCUT2D eigenvalue weighted by Crippen LogP contribution is -2.55. The van der Waals surface area contributed by atoms with E-state index in [1.165, 1.54) is 0 Å². The van der Waals surface area contributed by atoms with E-state index in [1.54, 1.807) is 20.8 Å². The van der Waals surface area contributed by atoms with Crippen LogP contribution in [0.1, 0.15) is 41.5 Å². The zero-order chi connectivity index (χ0) is 16.1. The largest absolute Gasteiger partial charge is 0.480 e. The van der Waals surface area contributed by atoms with Crippen molar-refractivity contribution in [1.82, 2.24) is 15.5 Å². The zero-order valence-corrected chi connectivity index (χ0v) is 13.0. The third kappa shape index (κ3) is 6.96. The summed E-state index contributed by atoms with van der Waals surface area (Å²) in [5.74, 6) is -1.41. The van der Waals surface area contributed by atoms with Gasteiger partial charge >= 0.3 is 12.0 Å². The van der Waals surface area contributed by atoms with Crippen LogP contribution in [-0.2, 0) is 9.59 Å². The lowest BCUT2D eigenvalue weighted by molar-refractivity contribution is -0.138. The first-order chi connectivity index (χ1) is 8.94. The number of carbonyl (C=O) groups excluding carboxylic acids is 2. The second-order valence-corrected chi connectivity index (χ2v) is 6.03. The summed E-state index contributed by atoms with van der Waals surface area (Å²) in [5, 5.41) is 14.0. The molecule has 1 unspecified atom stereocenters. The lowest BCUT2D eigenvalue weighted by Gasteiger charge is -2.28. The monoisotopic (exact) mass is 287 g/mol. The van der Waals surface area contributed by atoms with E-state index in [-0.39, 0.29) is 11.9 Å². The fraction of sp³-hybridized carbons (Fsp3) is 0.769. The topological polar surface area (TPSA) is 98.7 Å². The molecule has 116 valence electrons. The van der Waals surface area contributed by atoms with Gasteiger partial charge in [0.15, 0.2) is 0 Å². The van der Waals surface area contributed by atoms with Crippen LogP contribution in [0.2, 0.25) is 0 Å². The van der Waals surface area contributed by atoms with Gasteiger partial charge in [-0.1, -0.05) is 0 Å². The van der Waals surface area contributed by atoms with Crippen molar-refractivity contribution in [2.45, 2.75) is 59.2 Å². The van der Waals surface area contributed by atoms with E-state index in [4.69, 9.17) is 5.11 Å². The first-order valence-electron chi connectivity index (χ1n) is 6.55. The van der Waals surface area contributed by atoms with Gasteiger partial charge in [0.25, 0.3) is 0 Å². The minimum absolute atomic E-state index is 0.274. The molecule has 0 bridgehead atoms. The maximum Gasteiger partial charge on any atom is 0.323 e. The number of hydrogen-bond acceptors (Lipinski definition) is 3. The molecule has 1 atom stereocenters. The van der Waals surface area contributed by atoms with Crippen LogP contribution in [0, 0.1) is 0 Å². The number of carboxylic acid groups (broad SMARTS) is 1. The van der Waals surface area contributed by atoms with Gasteiger partial charge in [-0.05, 0) is 41.5 Å². The molecule has 0 fully saturated rings. The smallest absolute Gasteiger partial charge is 0.323 e. The van der Waals surface area contributed by atoms with Crippen LogP contribution in [0.4, 0.5) is 4.79 Å². The van der Waals surface area contributed by atoms with Gasteiger partial charge in [-0.2, -0.15) is 0 Å². The first kappa shape index (κ1) is 18.2. The van der Waals surface area contributed by atoms with Crippen molar-refractivity contribution in [3.8, 4) is 0 Å². The van der Waals surface area contributed by atoms with Crippen molar-refractivity contribution in [2.75, 3.05) is 6.54 Å². The molecule has 0 rings (SSSR count). The fourth-order valence-corrected chi connectivity index (χ4v) is 1.45. The van der Waals surface area contributed by atoms with E-state index in [0.29, 0.717) is 0 Å². The van der Waals surface area contributed by atoms with E-state index in [2.05, 4.69) is 10.6 Å². The third-order valence-corrected chi connectivity index (χ3v) is 2.42. The summed E-state index contributed by atoms with van der Waals surface area (Å²) in [5.41, 5.74) is -0.394. The zero-order valence-electron chi connectivity index (χ0n) is 13.0. The summed E-state index contributed by atoms with van der Waals surface area (Å²) >= 11 is 0. The number of hydrogen-bond donors (Lipinski definition) is 3. The van der Waals surface area contributed by atoms with E-state index in [1.807, 2.05) is 20.8 Å². The number of nitrogens with zero attached hydrogens (tertiary/aromatic N) is 1. The molecule has 3 N–H and O–H groups in total. The Morgan fingerprint density at radius 2 is 1.65 bits per heavy atom. The highest BCUT2D eigenvalue weighted by molar-refractivity contribution is 5.88. The molecule has 0 aliphatic carbocycles. The molecule has 0 aliphatic heterocycles. The Morgan fingerprint density at radius 3 is 2.00 bits per heavy atom. The standard InChI is InChI=1S/C13H25N3O4/c1-8(2)16(7-10(17)18)12(20)14-9(3)11(19)15-13(4,5)6/h8-9H,7H2,1-6H3,(H,14,20)(H,15,19)(H,17,18). The van der Waals surface area contributed by atoms with Crippen LogP contribution in [-0.4, -0.2) is 52.1 Å². The first-order valence-corrected chi connectivity index (χ1v) is 6.55. The predicted molar refractivity (Wildman–Crippen MR) is 75.4 cm³/mol. The van der Waals surface area contributed by atoms with Gasteiger partial charge < -0.3 is 20.6 Å². The maximum atomic E-state index is 12.0. The summed E-state index contributed by atoms with van der Waals surface area (Å²) in [6, 6.07) is -1.58. The summed E-state index contributed by atoms with van der Waals surface area (Å²) in [4.78, 5) is 35.7. The molecule has 7 nitrogen and oxygen atoms in total. The van der Waals surface area contributed by atoms with Crippen LogP contribution in [0.15, 0.2) is 0 Å². The number of rotatable bonds is 5. The second kappa shape index (κ2) is 7.12. The van der Waals surface area contributed by atoms with Gasteiger partial charge in [-0.25, -0.2) is 4.79 Å². The van der Waals surface area contributed by atoms with Crippen LogP contribution in [0.5, 0.6) is 0 Å². The number of aliphatic carboxylic acids is 1. The van der Waals surface area contributed by atoms with E-state index in [0.717, 1.165) is 4.90 Å². The molecule has 0 aromatic rings. The second-order valence-electron chi connectivity index (χ2n) is 6.03. The Balaban J connectivity index is 4.63. The summed E-state index contributed by atoms with van der Waals surface area (Å²) in [6.45, 7) is 10.1. The highest BCUT2D eigenvalue weighted by Gasteiger charge is 2.25. The average Bonchev–Trinajstić information content (AvgIpc) is 2.22. The SMILES string of the molecule is CC(NC(=O)N(CC(=O)O)C(C)C)C(=O)NC(C)(C)C. The van der Waals surface area contributed by atoms with Crippen molar-refractivity contribution < 1.29 is 19.5 Å². The quantitative estimate of drug-likeness (QED) is 0.696. The van der Waals surface area contributed by atoms with Crippen molar-refractivity contribution in [3.05, 3.63) is 0 Å². The van der Waals surface area contributed by atoms with Crippen LogP contribution >= 0.6 is 0 Å². The number of urea groups is 1. The van der Waals surface area contributed by atoms with Crippen LogP contribution < -0.4 is 10.6 Å². The Hall–Kier alpha value is -1.79. The lowest BCUT2D eigenvalue weighted by atomic mass is 10.1. The van der Waals surface area contributed by atoms with Gasteiger partial charge in [0.05, 0.1) is 0 Å². The number of carboxylic acids is 1. The minimum Gasteiger partial charge on any atom is -0.480 e. The molecule has 0 aromatic heterocycles. The van der Waals surface area contributed by atoms with Crippen molar-refractivity contribution in [1.29, 1.82) is 0 Å². The molecule has 20 heavy (non-hydrogen) atoms. The average molecular weight is 287 g/mol. The highest BCUT2D eigenvalue weighted by atomic mass is 16.4. The molecule has 0 aliphatic rings. The molecule has 0 heterocycles. The fourth-order valence-electron chi connectivity index (χ4n) is 1.45. The van der Waals surface area contributed by atoms with Gasteiger partial charge in [0.1, 0.15) is 12.6 Å². The van der Waals surface area contributed by atoms with Crippen LogP contribution in [0.3, 0.4) is 0 Å². The molecular formula is C13H25N3O4. The molecule has 7 heteroatoms. The van der Waals surface area contributed by atoms with Gasteiger partial charge in [-0.15, -0.1) is 0 Å². The predicted octanol–water partition coefficient (Wildman–Crippen LogP) is 0.794. The Kier molecular flexibility index (Phi) is 6.48. The van der Waals surface area contributed by atoms with Gasteiger partial charge in [0.2, 0.25) is 5.91 Å². The number of amides is 3. The third-order valence-electron chi connectivity index (χ3n) is 2.42. The molecule has 3 amide bonds. The Labute approximate surface area is 119 Å². The van der Waals surface area contributed by atoms with Gasteiger partial charge in [0, 0.05) is 11.6 Å². The van der Waals surface area contributed by atoms with Crippen molar-refractivity contribution >= 4 is 17.9 Å². The van der Waals surface area contributed by atoms with Crippen molar-refractivity contribution in [3.63, 3.8) is 0 Å². The molecule has 0 saturated carbocycles. The minimum atomic E-state index is -1.10. The molecule has 0 saturated heterocycles. The number of nitrogens with one attached hydrogen (secondary N) is 2. The highest BCUT2D eigenvalue weighted by Crippen LogP contribution is 2.02. The summed E-state index contributed by atoms with van der Waals surface area (Å²) in [6.07, 6.45) is 0. The van der Waals surface area contributed by atoms with E-state index < -0.39 is 30.1 Å². The Morgan fingerprint density at radius 1 is 1.15 bits per heavy atom. The van der Waals surface area contributed by atoms with E-state index >= 15 is 0 Å². The number of carbonyl (C=O) groups is 3. The molecular weight excluding hydrogens is 262 g/mol. The van der Waals surface area contributed by atoms with E-state index in [9.17, 15) is 14.4 Å². The summed E-state index contributed by atoms with van der Waals surface area (Å²) in [7, 11) is 0.